The molecule has 1 aliphatic heterocycles. The molecule has 3 aromatic rings. The first kappa shape index (κ1) is 14.5. The predicted octanol–water partition coefficient (Wildman–Crippen LogP) is 3.01. The fraction of sp³-hybridized carbons (Fsp3) is 0.111. The highest BCUT2D eigenvalue weighted by molar-refractivity contribution is 6.03. The van der Waals surface area contributed by atoms with Gasteiger partial charge >= 0.3 is 5.97 Å². The van der Waals surface area contributed by atoms with Crippen molar-refractivity contribution in [3.05, 3.63) is 65.9 Å². The molecule has 2 aromatic carbocycles. The third-order valence-corrected chi connectivity index (χ3v) is 3.91. The van der Waals surface area contributed by atoms with Crippen molar-refractivity contribution < 1.29 is 9.53 Å². The Labute approximate surface area is 139 Å². The second kappa shape index (κ2) is 5.82. The summed E-state index contributed by atoms with van der Waals surface area (Å²) in [6.07, 6.45) is 0. The van der Waals surface area contributed by atoms with Crippen LogP contribution < -0.4 is 16.0 Å². The van der Waals surface area contributed by atoms with Gasteiger partial charge in [0, 0.05) is 11.1 Å². The van der Waals surface area contributed by atoms with Gasteiger partial charge in [-0.25, -0.2) is 4.79 Å². The Morgan fingerprint density at radius 3 is 2.88 bits per heavy atom. The molecular weight excluding hydrogens is 304 g/mol. The molecule has 0 spiro atoms. The zero-order valence-corrected chi connectivity index (χ0v) is 13.1. The molecule has 0 fully saturated rings. The minimum absolute atomic E-state index is 0.0958. The van der Waals surface area contributed by atoms with Gasteiger partial charge in [0.05, 0.1) is 22.5 Å². The molecule has 0 radical (unpaired) electrons. The average molecular weight is 320 g/mol. The van der Waals surface area contributed by atoms with E-state index in [1.54, 1.807) is 11.1 Å². The van der Waals surface area contributed by atoms with Gasteiger partial charge in [-0.3, -0.25) is 9.99 Å². The molecule has 2 N–H and O–H groups in total. The normalized spacial score (nSPS) is 12.8. The Bertz CT molecular complexity index is 926. The summed E-state index contributed by atoms with van der Waals surface area (Å²) in [7, 11) is 0. The average Bonchev–Trinajstić information content (AvgIpc) is 3.02. The molecule has 0 saturated carbocycles. The molecule has 0 amide bonds. The summed E-state index contributed by atoms with van der Waals surface area (Å²) < 4.78 is 5.49. The van der Waals surface area contributed by atoms with E-state index in [9.17, 15) is 4.79 Å². The van der Waals surface area contributed by atoms with Gasteiger partial charge in [-0.15, -0.1) is 5.53 Å². The number of para-hydroxylation sites is 3. The van der Waals surface area contributed by atoms with Crippen molar-refractivity contribution in [3.8, 4) is 0 Å². The molecule has 1 aromatic heterocycles. The van der Waals surface area contributed by atoms with E-state index in [0.29, 0.717) is 5.56 Å². The van der Waals surface area contributed by atoms with Crippen molar-refractivity contribution in [2.75, 3.05) is 17.2 Å². The first-order chi connectivity index (χ1) is 11.7. The van der Waals surface area contributed by atoms with Gasteiger partial charge in [-0.2, -0.15) is 0 Å². The van der Waals surface area contributed by atoms with Crippen LogP contribution in [0.4, 0.5) is 11.4 Å². The van der Waals surface area contributed by atoms with Crippen LogP contribution in [0.2, 0.25) is 0 Å². The monoisotopic (exact) mass is 320 g/mol. The number of ether oxygens (including phenoxy) is 1. The van der Waals surface area contributed by atoms with Crippen molar-refractivity contribution in [3.63, 3.8) is 0 Å². The van der Waals surface area contributed by atoms with Crippen LogP contribution in [0.15, 0.2) is 54.6 Å². The number of anilines is 2. The number of hydrogen-bond donors (Lipinski definition) is 2. The molecule has 120 valence electrons. The lowest BCUT2D eigenvalue weighted by Gasteiger charge is -2.17. The van der Waals surface area contributed by atoms with E-state index in [1.165, 1.54) is 0 Å². The Morgan fingerprint density at radius 2 is 1.96 bits per heavy atom. The van der Waals surface area contributed by atoms with Crippen LogP contribution in [-0.4, -0.2) is 17.7 Å². The highest BCUT2D eigenvalue weighted by Crippen LogP contribution is 2.28. The molecular formula is C18H16N4O2. The van der Waals surface area contributed by atoms with E-state index in [0.717, 1.165) is 28.0 Å². The number of pyridine rings is 1. The van der Waals surface area contributed by atoms with E-state index >= 15 is 0 Å². The highest BCUT2D eigenvalue weighted by atomic mass is 16.5. The zero-order chi connectivity index (χ0) is 16.5. The maximum absolute atomic E-state index is 12.6. The summed E-state index contributed by atoms with van der Waals surface area (Å²) >= 11 is 0. The van der Waals surface area contributed by atoms with Crippen LogP contribution in [-0.2, 0) is 4.74 Å². The van der Waals surface area contributed by atoms with E-state index in [2.05, 4.69) is 15.9 Å². The molecule has 0 saturated heterocycles. The van der Waals surface area contributed by atoms with Crippen molar-refractivity contribution in [1.29, 1.82) is 0 Å². The summed E-state index contributed by atoms with van der Waals surface area (Å²) in [6.45, 7) is 1.96. The van der Waals surface area contributed by atoms with E-state index in [1.807, 2.05) is 55.5 Å². The third kappa shape index (κ3) is 2.53. The summed E-state index contributed by atoms with van der Waals surface area (Å²) in [4.78, 5) is 17.0. The summed E-state index contributed by atoms with van der Waals surface area (Å²) in [5.74, 6) is -0.372. The van der Waals surface area contributed by atoms with Crippen molar-refractivity contribution in [2.24, 2.45) is 0 Å². The number of hydrogen-bond acceptors (Lipinski definition) is 6. The Kier molecular flexibility index (Phi) is 3.51. The molecule has 24 heavy (non-hydrogen) atoms. The lowest BCUT2D eigenvalue weighted by molar-refractivity contribution is 0.0500. The molecule has 0 unspecified atom stereocenters. The quantitative estimate of drug-likeness (QED) is 0.723. The maximum Gasteiger partial charge on any atom is 0.340 e. The second-order valence-corrected chi connectivity index (χ2v) is 5.57. The summed E-state index contributed by atoms with van der Waals surface area (Å²) in [5.41, 5.74) is 9.97. The van der Waals surface area contributed by atoms with Crippen LogP contribution in [0, 0.1) is 6.92 Å². The molecule has 0 aliphatic carbocycles. The largest absolute Gasteiger partial charge is 0.439 e. The molecule has 6 heteroatoms. The second-order valence-electron chi connectivity index (χ2n) is 5.57. The number of hydrazine groups is 2. The molecule has 6 nitrogen and oxygen atoms in total. The zero-order valence-electron chi connectivity index (χ0n) is 13.1. The number of benzene rings is 2. The van der Waals surface area contributed by atoms with Gasteiger partial charge in [0.1, 0.15) is 0 Å². The number of carbonyl (C=O) groups is 1. The Morgan fingerprint density at radius 1 is 1.17 bits per heavy atom. The topological polar surface area (TPSA) is 66.5 Å². The maximum atomic E-state index is 12.6. The van der Waals surface area contributed by atoms with E-state index < -0.39 is 0 Å². The van der Waals surface area contributed by atoms with Crippen molar-refractivity contribution >= 4 is 28.2 Å². The molecule has 1 aliphatic rings. The van der Waals surface area contributed by atoms with Crippen LogP contribution >= 0.6 is 0 Å². The van der Waals surface area contributed by atoms with Gasteiger partial charge in [-0.1, -0.05) is 30.3 Å². The van der Waals surface area contributed by atoms with Gasteiger partial charge in [0.15, 0.2) is 6.73 Å². The number of nitrogens with one attached hydrogen (secondary N) is 2. The van der Waals surface area contributed by atoms with E-state index in [4.69, 9.17) is 4.74 Å². The number of rotatable bonds is 3. The Balaban J connectivity index is 1.56. The number of esters is 1. The van der Waals surface area contributed by atoms with Crippen molar-refractivity contribution in [1.82, 2.24) is 10.5 Å². The van der Waals surface area contributed by atoms with Gasteiger partial charge in [0.25, 0.3) is 0 Å². The minimum Gasteiger partial charge on any atom is -0.439 e. The SMILES string of the molecule is Cc1cc(C(=O)OCN2NNc3ccccc32)c2ccccc2n1. The number of aromatic nitrogens is 1. The smallest absolute Gasteiger partial charge is 0.340 e. The van der Waals surface area contributed by atoms with Crippen LogP contribution in [0.3, 0.4) is 0 Å². The van der Waals surface area contributed by atoms with Crippen molar-refractivity contribution in [2.45, 2.75) is 6.92 Å². The van der Waals surface area contributed by atoms with Gasteiger partial charge in [0.2, 0.25) is 0 Å². The third-order valence-electron chi connectivity index (χ3n) is 3.91. The van der Waals surface area contributed by atoms with Gasteiger partial charge in [-0.05, 0) is 31.2 Å². The van der Waals surface area contributed by atoms with Crippen LogP contribution in [0.25, 0.3) is 10.9 Å². The first-order valence-electron chi connectivity index (χ1n) is 7.64. The number of nitrogens with zero attached hydrogens (tertiary/aromatic N) is 2. The van der Waals surface area contributed by atoms with Gasteiger partial charge < -0.3 is 10.2 Å². The lowest BCUT2D eigenvalue weighted by atomic mass is 10.1. The number of aryl methyl sites for hydroxylation is 1. The highest BCUT2D eigenvalue weighted by Gasteiger charge is 2.20. The minimum atomic E-state index is -0.372. The molecule has 0 atom stereocenters. The fourth-order valence-electron chi connectivity index (χ4n) is 2.78. The summed E-state index contributed by atoms with van der Waals surface area (Å²) in [5, 5.41) is 2.53. The molecule has 2 heterocycles. The molecule has 4 rings (SSSR count). The Hall–Kier alpha value is -3.12. The van der Waals surface area contributed by atoms with Crippen LogP contribution in [0.5, 0.6) is 0 Å². The number of carbonyl (C=O) groups excluding carboxylic acids is 1. The van der Waals surface area contributed by atoms with Crippen LogP contribution in [0.1, 0.15) is 16.1 Å². The predicted molar refractivity (Wildman–Crippen MR) is 92.4 cm³/mol. The first-order valence-corrected chi connectivity index (χ1v) is 7.64. The molecule has 0 bridgehead atoms. The number of fused-ring (bicyclic) bond motifs is 2. The van der Waals surface area contributed by atoms with E-state index in [-0.39, 0.29) is 12.7 Å². The lowest BCUT2D eigenvalue weighted by Crippen LogP contribution is -2.38. The standard InChI is InChI=1S/C18H16N4O2/c1-12-10-14(13-6-2-3-7-15(13)19-12)18(23)24-11-22-17-9-5-4-8-16(17)20-21-22/h2-10,20-21H,11H2,1H3. The summed E-state index contributed by atoms with van der Waals surface area (Å²) in [6, 6.07) is 17.1. The fourth-order valence-corrected chi connectivity index (χ4v) is 2.78.